The van der Waals surface area contributed by atoms with Gasteiger partial charge < -0.3 is 16.2 Å². The fourth-order valence-electron chi connectivity index (χ4n) is 5.10. The van der Waals surface area contributed by atoms with E-state index in [9.17, 15) is 23.1 Å². The zero-order valence-corrected chi connectivity index (χ0v) is 19.3. The van der Waals surface area contributed by atoms with Crippen LogP contribution in [0.15, 0.2) is 18.2 Å². The third-order valence-electron chi connectivity index (χ3n) is 6.50. The number of primary amides is 1. The average molecular weight is 481 g/mol. The Morgan fingerprint density at radius 3 is 2.47 bits per heavy atom. The number of nitrogens with one attached hydrogen (secondary N) is 1. The van der Waals surface area contributed by atoms with Crippen LogP contribution in [-0.4, -0.2) is 32.9 Å². The van der Waals surface area contributed by atoms with Gasteiger partial charge in [-0.05, 0) is 56.1 Å². The number of carbonyl (C=O) groups excluding carboxylic acids is 1. The van der Waals surface area contributed by atoms with Crippen molar-refractivity contribution in [2.75, 3.05) is 5.32 Å². The van der Waals surface area contributed by atoms with Crippen molar-refractivity contribution >= 4 is 17.2 Å². The number of aliphatic hydroxyl groups is 1. The quantitative estimate of drug-likeness (QED) is 0.547. The number of nitrogens with zero attached hydrogens (tertiary/aromatic N) is 2. The number of rotatable bonds is 4. The Balaban J connectivity index is 1.86. The number of nitrogens with two attached hydrogens (primary N) is 1. The predicted molar refractivity (Wildman–Crippen MR) is 120 cm³/mol. The van der Waals surface area contributed by atoms with Gasteiger partial charge in [0.15, 0.2) is 5.69 Å². The van der Waals surface area contributed by atoms with Gasteiger partial charge in [-0.25, -0.2) is 9.07 Å². The number of allylic oxidation sites excluding steroid dienone is 2. The van der Waals surface area contributed by atoms with Crippen molar-refractivity contribution in [3.63, 3.8) is 0 Å². The minimum atomic E-state index is -4.69. The maximum absolute atomic E-state index is 15.1. The van der Waals surface area contributed by atoms with Crippen LogP contribution in [0.5, 0.6) is 0 Å². The van der Waals surface area contributed by atoms with Crippen molar-refractivity contribution in [2.45, 2.75) is 71.2 Å². The van der Waals surface area contributed by atoms with Crippen LogP contribution in [0.3, 0.4) is 0 Å². The van der Waals surface area contributed by atoms with Crippen LogP contribution in [0.25, 0.3) is 11.3 Å². The second kappa shape index (κ2) is 8.41. The Morgan fingerprint density at radius 1 is 1.24 bits per heavy atom. The van der Waals surface area contributed by atoms with E-state index in [2.05, 4.69) is 10.4 Å². The maximum Gasteiger partial charge on any atom is 0.435 e. The first kappa shape index (κ1) is 24.3. The summed E-state index contributed by atoms with van der Waals surface area (Å²) in [6.07, 6.45) is -0.752. The summed E-state index contributed by atoms with van der Waals surface area (Å²) in [4.78, 5) is 12.0. The smallest absolute Gasteiger partial charge is 0.393 e. The minimum Gasteiger partial charge on any atom is -0.393 e. The summed E-state index contributed by atoms with van der Waals surface area (Å²) in [5.74, 6) is -1.93. The van der Waals surface area contributed by atoms with E-state index < -0.39 is 35.1 Å². The molecule has 0 bridgehead atoms. The van der Waals surface area contributed by atoms with E-state index in [1.54, 1.807) is 13.0 Å². The van der Waals surface area contributed by atoms with Gasteiger partial charge in [-0.15, -0.1) is 0 Å². The van der Waals surface area contributed by atoms with Crippen LogP contribution in [0.4, 0.5) is 23.2 Å². The van der Waals surface area contributed by atoms with Gasteiger partial charge in [-0.2, -0.15) is 18.3 Å². The fraction of sp³-hybridized carbons (Fsp3) is 0.500. The number of aliphatic hydroxyl groups excluding tert-OH is 1. The highest BCUT2D eigenvalue weighted by Crippen LogP contribution is 2.44. The molecule has 1 aromatic heterocycles. The summed E-state index contributed by atoms with van der Waals surface area (Å²) >= 11 is 0. The average Bonchev–Trinajstić information content (AvgIpc) is 3.08. The fourth-order valence-corrected chi connectivity index (χ4v) is 5.10. The molecular formula is C24H28F4N4O2. The standard InChI is InChI=1S/C24H28F4N4O2/c1-12-10-23(2,3)11-18-19(12)21(24(26,27)28)31-32(18)14-8-16(25)20(22(29)34)17(9-14)30-13-4-6-15(33)7-5-13/h8-10,13,15,30,33H,4-7,11H2,1-3H3,(H2,29,34)/t13-,15-. The normalized spacial score (nSPS) is 22.2. The highest BCUT2D eigenvalue weighted by molar-refractivity contribution is 5.99. The first-order chi connectivity index (χ1) is 15.8. The van der Waals surface area contributed by atoms with Crippen molar-refractivity contribution in [2.24, 2.45) is 11.1 Å². The van der Waals surface area contributed by atoms with E-state index in [1.807, 2.05) is 13.8 Å². The molecule has 1 heterocycles. The van der Waals surface area contributed by atoms with E-state index >= 15 is 4.39 Å². The number of anilines is 1. The third kappa shape index (κ3) is 4.55. The number of fused-ring (bicyclic) bond motifs is 1. The Hall–Kier alpha value is -2.88. The van der Waals surface area contributed by atoms with Crippen LogP contribution < -0.4 is 11.1 Å². The summed E-state index contributed by atoms with van der Waals surface area (Å²) in [6, 6.07) is 2.27. The van der Waals surface area contributed by atoms with Gasteiger partial charge >= 0.3 is 6.18 Å². The lowest BCUT2D eigenvalue weighted by Gasteiger charge is -2.29. The largest absolute Gasteiger partial charge is 0.435 e. The summed E-state index contributed by atoms with van der Waals surface area (Å²) < 4.78 is 57.8. The summed E-state index contributed by atoms with van der Waals surface area (Å²) in [7, 11) is 0. The highest BCUT2D eigenvalue weighted by atomic mass is 19.4. The van der Waals surface area contributed by atoms with Gasteiger partial charge in [0.05, 0.1) is 28.7 Å². The number of hydrogen-bond donors (Lipinski definition) is 3. The molecule has 1 saturated carbocycles. The zero-order chi connectivity index (χ0) is 25.0. The predicted octanol–water partition coefficient (Wildman–Crippen LogP) is 4.83. The van der Waals surface area contributed by atoms with Crippen LogP contribution >= 0.6 is 0 Å². The van der Waals surface area contributed by atoms with Gasteiger partial charge in [0.25, 0.3) is 5.91 Å². The van der Waals surface area contributed by atoms with Crippen molar-refractivity contribution in [3.8, 4) is 5.69 Å². The number of alkyl halides is 3. The Labute approximate surface area is 194 Å². The number of amides is 1. The van der Waals surface area contributed by atoms with E-state index in [0.29, 0.717) is 37.0 Å². The molecule has 1 aromatic carbocycles. The van der Waals surface area contributed by atoms with Crippen LogP contribution in [-0.2, 0) is 12.6 Å². The molecule has 0 aliphatic heterocycles. The second-order valence-corrected chi connectivity index (χ2v) is 9.94. The molecule has 4 N–H and O–H groups in total. The molecule has 0 saturated heterocycles. The van der Waals surface area contributed by atoms with E-state index in [4.69, 9.17) is 5.73 Å². The van der Waals surface area contributed by atoms with Crippen molar-refractivity contribution in [1.82, 2.24) is 9.78 Å². The number of benzene rings is 1. The van der Waals surface area contributed by atoms with E-state index in [-0.39, 0.29) is 35.0 Å². The van der Waals surface area contributed by atoms with Gasteiger partial charge in [0.1, 0.15) is 5.82 Å². The molecule has 2 aliphatic carbocycles. The Morgan fingerprint density at radius 2 is 1.88 bits per heavy atom. The van der Waals surface area contributed by atoms with Crippen LogP contribution in [0, 0.1) is 11.2 Å². The number of carbonyl (C=O) groups is 1. The molecule has 10 heteroatoms. The minimum absolute atomic E-state index is 0.00184. The number of hydrogen-bond acceptors (Lipinski definition) is 4. The molecule has 34 heavy (non-hydrogen) atoms. The van der Waals surface area contributed by atoms with Gasteiger partial charge in [0.2, 0.25) is 0 Å². The maximum atomic E-state index is 15.1. The van der Waals surface area contributed by atoms with Crippen molar-refractivity contribution < 1.29 is 27.5 Å². The zero-order valence-electron chi connectivity index (χ0n) is 19.3. The molecule has 0 unspecified atom stereocenters. The van der Waals surface area contributed by atoms with E-state index in [0.717, 1.165) is 10.7 Å². The monoisotopic (exact) mass is 480 g/mol. The molecular weight excluding hydrogens is 452 g/mol. The number of halogens is 4. The molecule has 0 spiro atoms. The molecule has 184 valence electrons. The van der Waals surface area contributed by atoms with Gasteiger partial charge in [-0.3, -0.25) is 4.79 Å². The highest BCUT2D eigenvalue weighted by Gasteiger charge is 2.42. The third-order valence-corrected chi connectivity index (χ3v) is 6.50. The van der Waals surface area contributed by atoms with E-state index in [1.165, 1.54) is 6.07 Å². The molecule has 1 fully saturated rings. The topological polar surface area (TPSA) is 93.2 Å². The number of aromatic nitrogens is 2. The lowest BCUT2D eigenvalue weighted by molar-refractivity contribution is -0.141. The van der Waals surface area contributed by atoms with Gasteiger partial charge in [-0.1, -0.05) is 19.9 Å². The van der Waals surface area contributed by atoms with Crippen molar-refractivity contribution in [3.05, 3.63) is 46.5 Å². The first-order valence-corrected chi connectivity index (χ1v) is 11.2. The second-order valence-electron chi connectivity index (χ2n) is 9.94. The van der Waals surface area contributed by atoms with Crippen LogP contribution in [0.2, 0.25) is 0 Å². The molecule has 6 nitrogen and oxygen atoms in total. The molecule has 0 radical (unpaired) electrons. The molecule has 0 atom stereocenters. The van der Waals surface area contributed by atoms with Crippen LogP contribution in [0.1, 0.15) is 73.8 Å². The summed E-state index contributed by atoms with van der Waals surface area (Å²) in [5, 5.41) is 16.7. The SMILES string of the molecule is CC1=CC(C)(C)Cc2c1c(C(F)(F)F)nn2-c1cc(F)c(C(N)=O)c(N[C@H]2CC[C@H](O)CC2)c1. The Bertz CT molecular complexity index is 1160. The molecule has 2 aliphatic rings. The summed E-state index contributed by atoms with van der Waals surface area (Å²) in [5.41, 5.74) is 4.57. The molecule has 2 aromatic rings. The lowest BCUT2D eigenvalue weighted by atomic mass is 9.78. The summed E-state index contributed by atoms with van der Waals surface area (Å²) in [6.45, 7) is 5.43. The molecule has 4 rings (SSSR count). The van der Waals surface area contributed by atoms with Crippen molar-refractivity contribution in [1.29, 1.82) is 0 Å². The molecule has 1 amide bonds. The van der Waals surface area contributed by atoms with Gasteiger partial charge in [0, 0.05) is 17.7 Å². The first-order valence-electron chi connectivity index (χ1n) is 11.2. The lowest BCUT2D eigenvalue weighted by Crippen LogP contribution is -2.29. The Kier molecular flexibility index (Phi) is 6.00.